The molecule has 2 nitrogen and oxygen atoms in total. The van der Waals surface area contributed by atoms with Gasteiger partial charge >= 0.3 is 0 Å². The fourth-order valence-electron chi connectivity index (χ4n) is 2.63. The summed E-state index contributed by atoms with van der Waals surface area (Å²) in [5, 5.41) is 3.66. The lowest BCUT2D eigenvalue weighted by molar-refractivity contribution is 0.599. The van der Waals surface area contributed by atoms with Crippen LogP contribution in [0.3, 0.4) is 0 Å². The monoisotopic (exact) mass is 382 g/mol. The van der Waals surface area contributed by atoms with Crippen LogP contribution in [0.4, 0.5) is 0 Å². The average Bonchev–Trinajstić information content (AvgIpc) is 3.16. The molecule has 1 aliphatic rings. The van der Waals surface area contributed by atoms with Crippen molar-refractivity contribution in [2.75, 3.05) is 0 Å². The molecule has 0 bridgehead atoms. The van der Waals surface area contributed by atoms with Crippen LogP contribution in [-0.2, 0) is 16.3 Å². The second-order valence-corrected chi connectivity index (χ2v) is 10.4. The molecule has 3 rings (SSSR count). The SMILES string of the molecule is CC(Cc1csc(-c2ccc(C(C)S)s2)c1)C1=CC=CS1(=O)=O. The van der Waals surface area contributed by atoms with Crippen molar-refractivity contribution < 1.29 is 8.42 Å². The Bertz CT molecular complexity index is 866. The lowest BCUT2D eigenvalue weighted by atomic mass is 10.0. The summed E-state index contributed by atoms with van der Waals surface area (Å²) in [4.78, 5) is 4.27. The summed E-state index contributed by atoms with van der Waals surface area (Å²) in [5.74, 6) is -0.00573. The van der Waals surface area contributed by atoms with E-state index < -0.39 is 9.84 Å². The van der Waals surface area contributed by atoms with Crippen molar-refractivity contribution >= 4 is 45.1 Å². The van der Waals surface area contributed by atoms with Gasteiger partial charge in [-0.3, -0.25) is 0 Å². The van der Waals surface area contributed by atoms with Crippen LogP contribution in [0.1, 0.15) is 29.5 Å². The van der Waals surface area contributed by atoms with Gasteiger partial charge in [0, 0.05) is 25.3 Å². The van der Waals surface area contributed by atoms with Crippen molar-refractivity contribution in [1.29, 1.82) is 0 Å². The molecule has 2 aromatic heterocycles. The van der Waals surface area contributed by atoms with Crippen molar-refractivity contribution in [2.24, 2.45) is 5.92 Å². The van der Waals surface area contributed by atoms with Gasteiger partial charge in [-0.05, 0) is 60.6 Å². The third-order valence-corrected chi connectivity index (χ3v) is 8.42. The van der Waals surface area contributed by atoms with Crippen LogP contribution in [0.2, 0.25) is 0 Å². The van der Waals surface area contributed by atoms with Crippen molar-refractivity contribution in [3.05, 3.63) is 56.5 Å². The number of allylic oxidation sites excluding steroid dienone is 3. The minimum Gasteiger partial charge on any atom is -0.219 e. The Morgan fingerprint density at radius 3 is 2.61 bits per heavy atom. The highest BCUT2D eigenvalue weighted by molar-refractivity contribution is 7.98. The predicted octanol–water partition coefficient (Wildman–Crippen LogP) is 5.47. The summed E-state index contributed by atoms with van der Waals surface area (Å²) < 4.78 is 23.9. The molecule has 2 unspecified atom stereocenters. The first kappa shape index (κ1) is 17.0. The molecule has 0 saturated carbocycles. The molecule has 0 saturated heterocycles. The number of sulfone groups is 1. The normalized spacial score (nSPS) is 18.8. The zero-order valence-corrected chi connectivity index (χ0v) is 16.2. The zero-order chi connectivity index (χ0) is 16.6. The van der Waals surface area contributed by atoms with Gasteiger partial charge in [-0.2, -0.15) is 12.6 Å². The second kappa shape index (κ2) is 6.59. The summed E-state index contributed by atoms with van der Waals surface area (Å²) in [5.41, 5.74) is 1.19. The van der Waals surface area contributed by atoms with Crippen LogP contribution >= 0.6 is 35.3 Å². The van der Waals surface area contributed by atoms with Crippen LogP contribution < -0.4 is 0 Å². The summed E-state index contributed by atoms with van der Waals surface area (Å²) in [6.07, 6.45) is 4.07. The zero-order valence-electron chi connectivity index (χ0n) is 12.9. The van der Waals surface area contributed by atoms with Crippen molar-refractivity contribution in [3.63, 3.8) is 0 Å². The molecule has 1 aliphatic heterocycles. The number of hydrogen-bond donors (Lipinski definition) is 1. The molecule has 6 heteroatoms. The first-order chi connectivity index (χ1) is 10.9. The summed E-state index contributed by atoms with van der Waals surface area (Å²) in [6, 6.07) is 6.44. The third-order valence-electron chi connectivity index (χ3n) is 3.81. The van der Waals surface area contributed by atoms with Crippen LogP contribution in [0.5, 0.6) is 0 Å². The van der Waals surface area contributed by atoms with Gasteiger partial charge in [0.2, 0.25) is 0 Å². The van der Waals surface area contributed by atoms with Crippen molar-refractivity contribution in [1.82, 2.24) is 0 Å². The van der Waals surface area contributed by atoms with E-state index in [2.05, 4.69) is 43.1 Å². The Labute approximate surface area is 150 Å². The Balaban J connectivity index is 1.75. The van der Waals surface area contributed by atoms with Gasteiger partial charge in [-0.15, -0.1) is 22.7 Å². The lowest BCUT2D eigenvalue weighted by Gasteiger charge is -2.11. The van der Waals surface area contributed by atoms with E-state index >= 15 is 0 Å². The average molecular weight is 383 g/mol. The smallest absolute Gasteiger partial charge is 0.196 e. The minimum atomic E-state index is -3.18. The van der Waals surface area contributed by atoms with Gasteiger partial charge in [-0.25, -0.2) is 8.42 Å². The summed E-state index contributed by atoms with van der Waals surface area (Å²) >= 11 is 7.96. The highest BCUT2D eigenvalue weighted by Crippen LogP contribution is 2.37. The maximum absolute atomic E-state index is 11.9. The second-order valence-electron chi connectivity index (χ2n) is 5.74. The lowest BCUT2D eigenvalue weighted by Crippen LogP contribution is -2.09. The van der Waals surface area contributed by atoms with E-state index in [9.17, 15) is 8.42 Å². The number of hydrogen-bond acceptors (Lipinski definition) is 5. The topological polar surface area (TPSA) is 34.1 Å². The molecule has 0 spiro atoms. The third kappa shape index (κ3) is 3.65. The molecule has 0 aliphatic carbocycles. The molecular formula is C17H18O2S4. The minimum absolute atomic E-state index is 0.00573. The number of thiol groups is 1. The molecule has 3 heterocycles. The standard InChI is InChI=1S/C17H18O2S4/c1-11(17-4-3-7-23(17,18)19)8-13-9-16(21-10-13)15-6-5-14(22-15)12(2)20/h3-7,9-12,20H,8H2,1-2H3. The van der Waals surface area contributed by atoms with Crippen LogP contribution in [0.25, 0.3) is 9.75 Å². The van der Waals surface area contributed by atoms with Gasteiger partial charge in [0.1, 0.15) is 0 Å². The molecular weight excluding hydrogens is 364 g/mol. The van der Waals surface area contributed by atoms with Gasteiger partial charge in [0.25, 0.3) is 0 Å². The molecule has 0 radical (unpaired) electrons. The predicted molar refractivity (Wildman–Crippen MR) is 104 cm³/mol. The molecule has 0 aromatic carbocycles. The Kier molecular flexibility index (Phi) is 4.88. The van der Waals surface area contributed by atoms with Crippen LogP contribution in [0.15, 0.2) is 46.0 Å². The fourth-order valence-corrected chi connectivity index (χ4v) is 6.20. The van der Waals surface area contributed by atoms with Gasteiger partial charge in [-0.1, -0.05) is 6.92 Å². The number of thiophene rings is 2. The molecule has 0 amide bonds. The van der Waals surface area contributed by atoms with E-state index in [0.29, 0.717) is 4.91 Å². The van der Waals surface area contributed by atoms with Crippen LogP contribution in [0, 0.1) is 5.92 Å². The summed E-state index contributed by atoms with van der Waals surface area (Å²) in [6.45, 7) is 4.05. The quantitative estimate of drug-likeness (QED) is 0.696. The maximum atomic E-state index is 11.9. The fraction of sp³-hybridized carbons (Fsp3) is 0.294. The van der Waals surface area contributed by atoms with Crippen molar-refractivity contribution in [3.8, 4) is 9.75 Å². The van der Waals surface area contributed by atoms with E-state index in [1.807, 2.05) is 6.92 Å². The molecule has 2 aromatic rings. The van der Waals surface area contributed by atoms with Gasteiger partial charge < -0.3 is 0 Å². The van der Waals surface area contributed by atoms with Crippen molar-refractivity contribution in [2.45, 2.75) is 25.5 Å². The Morgan fingerprint density at radius 2 is 2.00 bits per heavy atom. The number of rotatable bonds is 5. The Morgan fingerprint density at radius 1 is 1.22 bits per heavy atom. The molecule has 23 heavy (non-hydrogen) atoms. The largest absolute Gasteiger partial charge is 0.219 e. The maximum Gasteiger partial charge on any atom is 0.196 e. The first-order valence-corrected chi connectivity index (χ1v) is 11.1. The Hall–Kier alpha value is -0.820. The van der Waals surface area contributed by atoms with Crippen LogP contribution in [-0.4, -0.2) is 8.42 Å². The highest BCUT2D eigenvalue weighted by Gasteiger charge is 2.24. The van der Waals surface area contributed by atoms with E-state index in [4.69, 9.17) is 0 Å². The van der Waals surface area contributed by atoms with E-state index in [0.717, 1.165) is 6.42 Å². The molecule has 0 fully saturated rings. The van der Waals surface area contributed by atoms with E-state index in [1.165, 1.54) is 25.6 Å². The van der Waals surface area contributed by atoms with E-state index in [-0.39, 0.29) is 11.2 Å². The van der Waals surface area contributed by atoms with Gasteiger partial charge in [0.05, 0.1) is 4.91 Å². The summed E-state index contributed by atoms with van der Waals surface area (Å²) in [7, 11) is -3.18. The van der Waals surface area contributed by atoms with E-state index in [1.54, 1.807) is 34.8 Å². The molecule has 0 N–H and O–H groups in total. The highest BCUT2D eigenvalue weighted by atomic mass is 32.2. The molecule has 122 valence electrons. The molecule has 2 atom stereocenters. The first-order valence-electron chi connectivity index (χ1n) is 7.36. The van der Waals surface area contributed by atoms with Gasteiger partial charge in [0.15, 0.2) is 9.84 Å².